The fraction of sp³-hybridized carbons (Fsp3) is 0.263. The summed E-state index contributed by atoms with van der Waals surface area (Å²) >= 11 is 0. The Kier molecular flexibility index (Phi) is 6.95. The van der Waals surface area contributed by atoms with Crippen LogP contribution in [0.3, 0.4) is 0 Å². The number of nitrogens with zero attached hydrogens (tertiary/aromatic N) is 2. The molecule has 0 aliphatic carbocycles. The van der Waals surface area contributed by atoms with E-state index in [1.54, 1.807) is 31.2 Å². The van der Waals surface area contributed by atoms with Gasteiger partial charge in [-0.15, -0.1) is 0 Å². The molecule has 0 radical (unpaired) electrons. The van der Waals surface area contributed by atoms with E-state index in [0.717, 1.165) is 9.87 Å². The molecule has 0 saturated heterocycles. The molecule has 7 nitrogen and oxygen atoms in total. The third-order valence-electron chi connectivity index (χ3n) is 3.89. The average Bonchev–Trinajstić information content (AvgIpc) is 2.70. The molecule has 1 amide bonds. The summed E-state index contributed by atoms with van der Waals surface area (Å²) in [7, 11) is -2.11. The topological polar surface area (TPSA) is 88.1 Å². The lowest BCUT2D eigenvalue weighted by Crippen LogP contribution is -2.40. The van der Waals surface area contributed by atoms with Crippen LogP contribution in [0.1, 0.15) is 19.4 Å². The monoisotopic (exact) mass is 389 g/mol. The smallest absolute Gasteiger partial charge is 0.260 e. The average molecular weight is 389 g/mol. The number of amides is 1. The van der Waals surface area contributed by atoms with Crippen LogP contribution in [0, 0.1) is 0 Å². The first-order chi connectivity index (χ1) is 12.9. The van der Waals surface area contributed by atoms with Crippen LogP contribution in [0.5, 0.6) is 5.75 Å². The quantitative estimate of drug-likeness (QED) is 0.555. The van der Waals surface area contributed by atoms with E-state index in [4.69, 9.17) is 4.74 Å². The molecule has 0 unspecified atom stereocenters. The van der Waals surface area contributed by atoms with E-state index in [1.165, 1.54) is 14.0 Å². The van der Waals surface area contributed by atoms with Gasteiger partial charge in [-0.1, -0.05) is 30.3 Å². The maximum Gasteiger partial charge on any atom is 0.260 e. The number of rotatable bonds is 8. The van der Waals surface area contributed by atoms with Crippen LogP contribution >= 0.6 is 0 Å². The molecule has 0 saturated carbocycles. The number of benzene rings is 2. The zero-order valence-corrected chi connectivity index (χ0v) is 16.4. The highest BCUT2D eigenvalue weighted by Crippen LogP contribution is 2.21. The number of hydrazone groups is 1. The summed E-state index contributed by atoms with van der Waals surface area (Å²) in [6.07, 6.45) is 0. The molecule has 8 heteroatoms. The minimum Gasteiger partial charge on any atom is -0.497 e. The summed E-state index contributed by atoms with van der Waals surface area (Å²) in [6, 6.07) is 15.8. The van der Waals surface area contributed by atoms with Crippen LogP contribution in [-0.4, -0.2) is 39.4 Å². The molecule has 144 valence electrons. The van der Waals surface area contributed by atoms with E-state index in [2.05, 4.69) is 10.5 Å². The van der Waals surface area contributed by atoms with Crippen molar-refractivity contribution < 1.29 is 17.9 Å². The molecule has 1 N–H and O–H groups in total. The van der Waals surface area contributed by atoms with Crippen molar-refractivity contribution in [3.05, 3.63) is 60.2 Å². The molecular formula is C19H23N3O4S. The van der Waals surface area contributed by atoms with Crippen molar-refractivity contribution in [3.8, 4) is 5.75 Å². The van der Waals surface area contributed by atoms with Crippen LogP contribution in [0.25, 0.3) is 0 Å². The summed E-state index contributed by atoms with van der Waals surface area (Å²) in [6.45, 7) is 2.93. The predicted molar refractivity (Wildman–Crippen MR) is 107 cm³/mol. The number of sulfonamides is 1. The van der Waals surface area contributed by atoms with Crippen LogP contribution in [0.4, 0.5) is 5.69 Å². The first-order valence-corrected chi connectivity index (χ1v) is 10.0. The zero-order valence-electron chi connectivity index (χ0n) is 15.5. The van der Waals surface area contributed by atoms with Gasteiger partial charge in [-0.3, -0.25) is 9.10 Å². The molecule has 0 aromatic heterocycles. The highest BCUT2D eigenvalue weighted by atomic mass is 32.2. The lowest BCUT2D eigenvalue weighted by molar-refractivity contribution is -0.119. The van der Waals surface area contributed by atoms with Gasteiger partial charge in [0.15, 0.2) is 0 Å². The third kappa shape index (κ3) is 5.55. The van der Waals surface area contributed by atoms with Crippen molar-refractivity contribution in [3.63, 3.8) is 0 Å². The number of hydrogen-bond donors (Lipinski definition) is 1. The SMILES string of the molecule is CCS(=O)(=O)N(CC(=O)NN=C(C)c1ccccc1)c1ccc(OC)cc1. The molecule has 0 aliphatic heterocycles. The molecule has 0 aliphatic rings. The number of anilines is 1. The molecule has 2 rings (SSSR count). The Morgan fingerprint density at radius 1 is 1.11 bits per heavy atom. The molecule has 0 bridgehead atoms. The van der Waals surface area contributed by atoms with E-state index < -0.39 is 15.9 Å². The number of nitrogens with one attached hydrogen (secondary N) is 1. The fourth-order valence-corrected chi connectivity index (χ4v) is 3.38. The van der Waals surface area contributed by atoms with Gasteiger partial charge in [-0.05, 0) is 43.7 Å². The second-order valence-electron chi connectivity index (χ2n) is 5.70. The Morgan fingerprint density at radius 3 is 2.30 bits per heavy atom. The summed E-state index contributed by atoms with van der Waals surface area (Å²) in [5, 5.41) is 4.05. The largest absolute Gasteiger partial charge is 0.497 e. The molecular weight excluding hydrogens is 366 g/mol. The van der Waals surface area contributed by atoms with E-state index >= 15 is 0 Å². The van der Waals surface area contributed by atoms with Crippen molar-refractivity contribution >= 4 is 27.3 Å². The lowest BCUT2D eigenvalue weighted by Gasteiger charge is -2.23. The van der Waals surface area contributed by atoms with E-state index in [1.807, 2.05) is 30.3 Å². The van der Waals surface area contributed by atoms with E-state index in [9.17, 15) is 13.2 Å². The summed E-state index contributed by atoms with van der Waals surface area (Å²) in [4.78, 5) is 12.3. The van der Waals surface area contributed by atoms with Crippen LogP contribution < -0.4 is 14.5 Å². The zero-order chi connectivity index (χ0) is 19.9. The maximum atomic E-state index is 12.4. The minimum atomic E-state index is -3.64. The van der Waals surface area contributed by atoms with Crippen LogP contribution in [-0.2, 0) is 14.8 Å². The summed E-state index contributed by atoms with van der Waals surface area (Å²) < 4.78 is 31.0. The number of carbonyl (C=O) groups is 1. The molecule has 2 aromatic rings. The Bertz CT molecular complexity index is 894. The van der Waals surface area contributed by atoms with Gasteiger partial charge < -0.3 is 4.74 Å². The lowest BCUT2D eigenvalue weighted by atomic mass is 10.1. The van der Waals surface area contributed by atoms with Gasteiger partial charge in [0.2, 0.25) is 10.0 Å². The molecule has 0 fully saturated rings. The Balaban J connectivity index is 2.16. The van der Waals surface area contributed by atoms with Crippen LogP contribution in [0.15, 0.2) is 59.7 Å². The molecule has 0 atom stereocenters. The maximum absolute atomic E-state index is 12.4. The highest BCUT2D eigenvalue weighted by Gasteiger charge is 2.23. The Hall–Kier alpha value is -2.87. The van der Waals surface area contributed by atoms with Gasteiger partial charge in [0, 0.05) is 0 Å². The minimum absolute atomic E-state index is 0.126. The standard InChI is InChI=1S/C19H23N3O4S/c1-4-27(24,25)22(17-10-12-18(26-3)13-11-17)14-19(23)21-20-15(2)16-8-6-5-7-9-16/h5-13H,4,14H2,1-3H3,(H,21,23). The van der Waals surface area contributed by atoms with Crippen molar-refractivity contribution in [2.24, 2.45) is 5.10 Å². The first kappa shape index (κ1) is 20.4. The predicted octanol–water partition coefficient (Wildman–Crippen LogP) is 2.39. The van der Waals surface area contributed by atoms with Gasteiger partial charge in [0.1, 0.15) is 12.3 Å². The second-order valence-corrected chi connectivity index (χ2v) is 7.89. The van der Waals surface area contributed by atoms with Crippen molar-refractivity contribution in [1.82, 2.24) is 5.43 Å². The number of ether oxygens (including phenoxy) is 1. The molecule has 2 aromatic carbocycles. The van der Waals surface area contributed by atoms with E-state index in [0.29, 0.717) is 17.1 Å². The van der Waals surface area contributed by atoms with Gasteiger partial charge in [-0.2, -0.15) is 5.10 Å². The van der Waals surface area contributed by atoms with Crippen molar-refractivity contribution in [1.29, 1.82) is 0 Å². The normalized spacial score (nSPS) is 11.7. The van der Waals surface area contributed by atoms with Gasteiger partial charge in [0.25, 0.3) is 5.91 Å². The Labute approximate surface area is 159 Å². The summed E-state index contributed by atoms with van der Waals surface area (Å²) in [5.74, 6) is -0.0585. The number of methoxy groups -OCH3 is 1. The molecule has 27 heavy (non-hydrogen) atoms. The van der Waals surface area contributed by atoms with Gasteiger partial charge in [0.05, 0.1) is 24.3 Å². The van der Waals surface area contributed by atoms with Gasteiger partial charge in [-0.25, -0.2) is 13.8 Å². The molecule has 0 spiro atoms. The highest BCUT2D eigenvalue weighted by molar-refractivity contribution is 7.92. The molecule has 0 heterocycles. The van der Waals surface area contributed by atoms with E-state index in [-0.39, 0.29) is 12.3 Å². The second kappa shape index (κ2) is 9.18. The Morgan fingerprint density at radius 2 is 1.74 bits per heavy atom. The van der Waals surface area contributed by atoms with Gasteiger partial charge >= 0.3 is 0 Å². The van der Waals surface area contributed by atoms with Crippen molar-refractivity contribution in [2.45, 2.75) is 13.8 Å². The third-order valence-corrected chi connectivity index (χ3v) is 5.63. The number of hydrogen-bond acceptors (Lipinski definition) is 5. The number of carbonyl (C=O) groups excluding carboxylic acids is 1. The van der Waals surface area contributed by atoms with Crippen LogP contribution in [0.2, 0.25) is 0 Å². The van der Waals surface area contributed by atoms with Crippen molar-refractivity contribution in [2.75, 3.05) is 23.7 Å². The first-order valence-electron chi connectivity index (χ1n) is 8.40. The summed E-state index contributed by atoms with van der Waals surface area (Å²) in [5.41, 5.74) is 4.29. The fourth-order valence-electron chi connectivity index (χ4n) is 2.31.